The third-order valence-corrected chi connectivity index (χ3v) is 1.44. The number of carboxylic acids is 1. The topological polar surface area (TPSA) is 117 Å². The Morgan fingerprint density at radius 2 is 2.36 bits per heavy atom. The maximum absolute atomic E-state index is 10.9. The van der Waals surface area contributed by atoms with Crippen molar-refractivity contribution in [2.24, 2.45) is 0 Å². The van der Waals surface area contributed by atoms with Crippen LogP contribution in [0.4, 0.5) is 4.79 Å². The monoisotopic (exact) mass is 203 g/mol. The fraction of sp³-hybridized carbons (Fsp3) is 0.500. The molecule has 0 spiro atoms. The molecule has 8 nitrogen and oxygen atoms in total. The van der Waals surface area contributed by atoms with E-state index < -0.39 is 30.5 Å². The van der Waals surface area contributed by atoms with Crippen LogP contribution in [0.2, 0.25) is 0 Å². The first-order valence-corrected chi connectivity index (χ1v) is 3.77. The number of carbonyl (C=O) groups excluding carboxylic acids is 2. The molecule has 1 heterocycles. The van der Waals surface area contributed by atoms with Crippen molar-refractivity contribution in [3.05, 3.63) is 0 Å². The van der Waals surface area contributed by atoms with Crippen LogP contribution in [0.5, 0.6) is 0 Å². The summed E-state index contributed by atoms with van der Waals surface area (Å²) in [6, 6.07) is -1.50. The van der Waals surface area contributed by atoms with Crippen LogP contribution < -0.4 is 16.1 Å². The van der Waals surface area contributed by atoms with Gasteiger partial charge in [0.2, 0.25) is 0 Å². The quantitative estimate of drug-likeness (QED) is 0.415. The lowest BCUT2D eigenvalue weighted by Crippen LogP contribution is -2.47. The fourth-order valence-corrected chi connectivity index (χ4v) is 0.815. The molecule has 4 N–H and O–H groups in total. The number of hydrogen-bond donors (Lipinski definition) is 4. The zero-order valence-corrected chi connectivity index (χ0v) is 7.07. The molecule has 1 atom stereocenters. The number of urea groups is 1. The van der Waals surface area contributed by atoms with E-state index in [0.717, 1.165) is 0 Å². The van der Waals surface area contributed by atoms with Gasteiger partial charge in [-0.2, -0.15) is 0 Å². The molecule has 0 aliphatic carbocycles. The van der Waals surface area contributed by atoms with Crippen molar-refractivity contribution >= 4 is 17.9 Å². The van der Waals surface area contributed by atoms with Gasteiger partial charge in [0.15, 0.2) is 0 Å². The van der Waals surface area contributed by atoms with Gasteiger partial charge in [0, 0.05) is 0 Å². The van der Waals surface area contributed by atoms with Gasteiger partial charge in [0.25, 0.3) is 5.91 Å². The van der Waals surface area contributed by atoms with E-state index in [4.69, 9.17) is 5.11 Å². The summed E-state index contributed by atoms with van der Waals surface area (Å²) in [6.07, 6.45) is 0. The van der Waals surface area contributed by atoms with E-state index >= 15 is 0 Å². The average Bonchev–Trinajstić information content (AvgIpc) is 2.49. The van der Waals surface area contributed by atoms with E-state index in [1.807, 2.05) is 10.8 Å². The van der Waals surface area contributed by atoms with Crippen molar-refractivity contribution < 1.29 is 24.3 Å². The highest BCUT2D eigenvalue weighted by Gasteiger charge is 2.26. The fourth-order valence-electron chi connectivity index (χ4n) is 0.815. The van der Waals surface area contributed by atoms with Crippen LogP contribution in [0.3, 0.4) is 0 Å². The Morgan fingerprint density at radius 3 is 2.86 bits per heavy atom. The maximum Gasteiger partial charge on any atom is 0.323 e. The van der Waals surface area contributed by atoms with Gasteiger partial charge in [0.05, 0.1) is 0 Å². The summed E-state index contributed by atoms with van der Waals surface area (Å²) in [5, 5.41) is 12.5. The standard InChI is InChI=1S/C6H9N3O5/c10-4(11)1-7-6(13)8-3-2-14-9-5(3)12/h3H,1-2H2,(H,9,12)(H,10,11)(H2,7,8,13). The molecule has 3 amide bonds. The molecule has 0 aromatic carbocycles. The Kier molecular flexibility index (Phi) is 3.24. The Bertz CT molecular complexity index is 266. The number of rotatable bonds is 3. The van der Waals surface area contributed by atoms with Crippen LogP contribution in [-0.2, 0) is 14.4 Å². The highest BCUT2D eigenvalue weighted by Crippen LogP contribution is 1.92. The number of hydroxylamine groups is 1. The smallest absolute Gasteiger partial charge is 0.323 e. The molecular formula is C6H9N3O5. The van der Waals surface area contributed by atoms with E-state index in [1.54, 1.807) is 0 Å². The first-order chi connectivity index (χ1) is 6.59. The third kappa shape index (κ3) is 2.90. The zero-order chi connectivity index (χ0) is 10.6. The average molecular weight is 203 g/mol. The van der Waals surface area contributed by atoms with Crippen LogP contribution in [-0.4, -0.2) is 42.2 Å². The summed E-state index contributed by atoms with van der Waals surface area (Å²) in [5.41, 5.74) is 2.04. The largest absolute Gasteiger partial charge is 0.480 e. The summed E-state index contributed by atoms with van der Waals surface area (Å²) in [5.74, 6) is -1.62. The summed E-state index contributed by atoms with van der Waals surface area (Å²) >= 11 is 0. The lowest BCUT2D eigenvalue weighted by molar-refractivity contribution is -0.135. The van der Waals surface area contributed by atoms with Gasteiger partial charge >= 0.3 is 12.0 Å². The number of nitrogens with one attached hydrogen (secondary N) is 3. The molecular weight excluding hydrogens is 194 g/mol. The van der Waals surface area contributed by atoms with Crippen molar-refractivity contribution in [3.8, 4) is 0 Å². The lowest BCUT2D eigenvalue weighted by Gasteiger charge is -2.08. The van der Waals surface area contributed by atoms with Gasteiger partial charge in [-0.3, -0.25) is 14.4 Å². The number of carbonyl (C=O) groups is 3. The first kappa shape index (κ1) is 10.3. The molecule has 1 fully saturated rings. The second-order valence-electron chi connectivity index (χ2n) is 2.55. The number of amides is 3. The molecule has 78 valence electrons. The molecule has 8 heteroatoms. The minimum Gasteiger partial charge on any atom is -0.480 e. The lowest BCUT2D eigenvalue weighted by atomic mass is 10.3. The van der Waals surface area contributed by atoms with Crippen LogP contribution >= 0.6 is 0 Å². The third-order valence-electron chi connectivity index (χ3n) is 1.44. The molecule has 0 aromatic heterocycles. The molecule has 0 radical (unpaired) electrons. The van der Waals surface area contributed by atoms with E-state index in [-0.39, 0.29) is 6.61 Å². The van der Waals surface area contributed by atoms with Crippen LogP contribution in [0, 0.1) is 0 Å². The van der Waals surface area contributed by atoms with Gasteiger partial charge < -0.3 is 15.7 Å². The second-order valence-corrected chi connectivity index (χ2v) is 2.55. The summed E-state index contributed by atoms with van der Waals surface area (Å²) in [4.78, 5) is 36.4. The van der Waals surface area contributed by atoms with Crippen molar-refractivity contribution in [1.82, 2.24) is 16.1 Å². The molecule has 1 saturated heterocycles. The highest BCUT2D eigenvalue weighted by atomic mass is 16.7. The predicted octanol–water partition coefficient (Wildman–Crippen LogP) is -2.20. The first-order valence-electron chi connectivity index (χ1n) is 3.77. The molecule has 1 unspecified atom stereocenters. The van der Waals surface area contributed by atoms with Crippen LogP contribution in [0.15, 0.2) is 0 Å². The summed E-state index contributed by atoms with van der Waals surface area (Å²) in [7, 11) is 0. The van der Waals surface area contributed by atoms with Crippen molar-refractivity contribution in [2.45, 2.75) is 6.04 Å². The van der Waals surface area contributed by atoms with E-state index in [1.165, 1.54) is 0 Å². The van der Waals surface area contributed by atoms with Crippen LogP contribution in [0.25, 0.3) is 0 Å². The molecule has 14 heavy (non-hydrogen) atoms. The Hall–Kier alpha value is -1.83. The summed E-state index contributed by atoms with van der Waals surface area (Å²) in [6.45, 7) is -0.472. The molecule has 0 saturated carbocycles. The van der Waals surface area contributed by atoms with Crippen molar-refractivity contribution in [3.63, 3.8) is 0 Å². The number of carboxylic acid groups (broad SMARTS) is 1. The van der Waals surface area contributed by atoms with E-state index in [9.17, 15) is 14.4 Å². The predicted molar refractivity (Wildman–Crippen MR) is 42.1 cm³/mol. The summed E-state index contributed by atoms with van der Waals surface area (Å²) < 4.78 is 0. The van der Waals surface area contributed by atoms with Gasteiger partial charge in [-0.15, -0.1) is 0 Å². The van der Waals surface area contributed by atoms with Crippen molar-refractivity contribution in [2.75, 3.05) is 13.2 Å². The van der Waals surface area contributed by atoms with Gasteiger partial charge in [-0.25, -0.2) is 10.3 Å². The van der Waals surface area contributed by atoms with Gasteiger partial charge in [0.1, 0.15) is 19.2 Å². The Labute approximate surface area is 78.6 Å². The number of aliphatic carboxylic acids is 1. The minimum atomic E-state index is -1.16. The Morgan fingerprint density at radius 1 is 1.64 bits per heavy atom. The Balaban J connectivity index is 2.26. The van der Waals surface area contributed by atoms with E-state index in [2.05, 4.69) is 10.2 Å². The molecule has 0 bridgehead atoms. The van der Waals surface area contributed by atoms with Crippen molar-refractivity contribution in [1.29, 1.82) is 0 Å². The molecule has 1 aliphatic rings. The molecule has 1 aliphatic heterocycles. The minimum absolute atomic E-state index is 0.0271. The maximum atomic E-state index is 10.9. The van der Waals surface area contributed by atoms with E-state index in [0.29, 0.717) is 0 Å². The number of hydrogen-bond acceptors (Lipinski definition) is 4. The van der Waals surface area contributed by atoms with Gasteiger partial charge in [-0.1, -0.05) is 0 Å². The SMILES string of the molecule is O=C(O)CNC(=O)NC1CONC1=O. The second kappa shape index (κ2) is 4.42. The highest BCUT2D eigenvalue weighted by molar-refractivity contribution is 5.88. The van der Waals surface area contributed by atoms with Gasteiger partial charge in [-0.05, 0) is 0 Å². The normalized spacial score (nSPS) is 20.0. The zero-order valence-electron chi connectivity index (χ0n) is 7.07. The van der Waals surface area contributed by atoms with Crippen LogP contribution in [0.1, 0.15) is 0 Å². The molecule has 0 aromatic rings. The molecule has 1 rings (SSSR count).